The Morgan fingerprint density at radius 2 is 1.92 bits per heavy atom. The first-order valence-corrected chi connectivity index (χ1v) is 8.64. The molecule has 0 saturated heterocycles. The number of hydrazine groups is 1. The number of carbonyl (C=O) groups excluding carboxylic acids is 1. The van der Waals surface area contributed by atoms with Crippen molar-refractivity contribution in [2.24, 2.45) is 5.84 Å². The summed E-state index contributed by atoms with van der Waals surface area (Å²) in [7, 11) is 0. The molecule has 0 atom stereocenters. The van der Waals surface area contributed by atoms with Crippen LogP contribution in [0.3, 0.4) is 0 Å². The van der Waals surface area contributed by atoms with Gasteiger partial charge in [-0.25, -0.2) is 10.8 Å². The Kier molecular flexibility index (Phi) is 3.83. The van der Waals surface area contributed by atoms with E-state index in [1.165, 1.54) is 11.3 Å². The first kappa shape index (κ1) is 15.6. The zero-order chi connectivity index (χ0) is 17.4. The number of thiazole rings is 1. The van der Waals surface area contributed by atoms with Gasteiger partial charge in [0.05, 0.1) is 10.2 Å². The number of hydrogen-bond acceptors (Lipinski definition) is 5. The number of carbonyl (C=O) groups is 1. The molecule has 0 aliphatic rings. The molecule has 1 aromatic heterocycles. The van der Waals surface area contributed by atoms with Crippen LogP contribution in [-0.4, -0.2) is 10.9 Å². The molecule has 1 amide bonds. The van der Waals surface area contributed by atoms with Gasteiger partial charge in [-0.15, -0.1) is 0 Å². The minimum absolute atomic E-state index is 0.128. The highest BCUT2D eigenvalue weighted by molar-refractivity contribution is 7.22. The molecule has 0 aliphatic heterocycles. The van der Waals surface area contributed by atoms with Crippen LogP contribution in [0.15, 0.2) is 54.6 Å². The molecule has 4 rings (SSSR count). The summed E-state index contributed by atoms with van der Waals surface area (Å²) >= 11 is 1.45. The molecule has 25 heavy (non-hydrogen) atoms. The van der Waals surface area contributed by atoms with E-state index in [-0.39, 0.29) is 5.91 Å². The van der Waals surface area contributed by atoms with E-state index in [0.29, 0.717) is 10.7 Å². The fraction of sp³-hybridized carbons (Fsp3) is 0.0526. The summed E-state index contributed by atoms with van der Waals surface area (Å²) < 4.78 is 0.973. The Morgan fingerprint density at radius 1 is 1.12 bits per heavy atom. The van der Waals surface area contributed by atoms with E-state index in [9.17, 15) is 4.79 Å². The SMILES string of the molecule is Cc1cc(NC(=O)c2cccc3ccccc23)cc2sc(NN)nc12. The number of amides is 1. The lowest BCUT2D eigenvalue weighted by molar-refractivity contribution is 0.102. The summed E-state index contributed by atoms with van der Waals surface area (Å²) in [6.07, 6.45) is 0. The summed E-state index contributed by atoms with van der Waals surface area (Å²) in [6.45, 7) is 1.97. The van der Waals surface area contributed by atoms with Crippen molar-refractivity contribution >= 4 is 49.1 Å². The monoisotopic (exact) mass is 348 g/mol. The fourth-order valence-corrected chi connectivity index (χ4v) is 3.85. The van der Waals surface area contributed by atoms with Gasteiger partial charge in [0.15, 0.2) is 5.13 Å². The minimum atomic E-state index is -0.128. The van der Waals surface area contributed by atoms with E-state index in [1.54, 1.807) is 0 Å². The zero-order valence-electron chi connectivity index (χ0n) is 13.5. The maximum atomic E-state index is 12.8. The quantitative estimate of drug-likeness (QED) is 0.381. The van der Waals surface area contributed by atoms with Gasteiger partial charge in [-0.3, -0.25) is 10.2 Å². The molecule has 4 aromatic rings. The van der Waals surface area contributed by atoms with Gasteiger partial charge in [0.2, 0.25) is 0 Å². The van der Waals surface area contributed by atoms with Gasteiger partial charge in [-0.2, -0.15) is 0 Å². The van der Waals surface area contributed by atoms with Crippen LogP contribution in [0.1, 0.15) is 15.9 Å². The molecule has 0 fully saturated rings. The molecule has 0 radical (unpaired) electrons. The number of nitrogens with zero attached hydrogens (tertiary/aromatic N) is 1. The van der Waals surface area contributed by atoms with E-state index >= 15 is 0 Å². The predicted octanol–water partition coefficient (Wildman–Crippen LogP) is 4.30. The highest BCUT2D eigenvalue weighted by Gasteiger charge is 2.12. The van der Waals surface area contributed by atoms with Crippen LogP contribution in [-0.2, 0) is 0 Å². The molecule has 0 bridgehead atoms. The van der Waals surface area contributed by atoms with E-state index in [4.69, 9.17) is 5.84 Å². The van der Waals surface area contributed by atoms with Gasteiger partial charge in [0, 0.05) is 11.3 Å². The zero-order valence-corrected chi connectivity index (χ0v) is 14.4. The Bertz CT molecular complexity index is 1100. The molecule has 0 spiro atoms. The van der Waals surface area contributed by atoms with Gasteiger partial charge in [-0.1, -0.05) is 47.7 Å². The van der Waals surface area contributed by atoms with Crippen molar-refractivity contribution in [2.75, 3.05) is 10.7 Å². The second-order valence-corrected chi connectivity index (χ2v) is 6.81. The molecule has 4 N–H and O–H groups in total. The molecule has 3 aromatic carbocycles. The first-order valence-electron chi connectivity index (χ1n) is 7.82. The van der Waals surface area contributed by atoms with Crippen LogP contribution < -0.4 is 16.6 Å². The van der Waals surface area contributed by atoms with Crippen molar-refractivity contribution in [3.8, 4) is 0 Å². The van der Waals surface area contributed by atoms with E-state index in [2.05, 4.69) is 15.7 Å². The van der Waals surface area contributed by atoms with Crippen LogP contribution in [0, 0.1) is 6.92 Å². The normalized spacial score (nSPS) is 11.0. The van der Waals surface area contributed by atoms with Crippen molar-refractivity contribution in [3.63, 3.8) is 0 Å². The number of nitrogen functional groups attached to an aromatic ring is 1. The molecule has 0 unspecified atom stereocenters. The van der Waals surface area contributed by atoms with Crippen molar-refractivity contribution in [2.45, 2.75) is 6.92 Å². The highest BCUT2D eigenvalue weighted by Crippen LogP contribution is 2.31. The van der Waals surface area contributed by atoms with Gasteiger partial charge in [-0.05, 0) is 41.5 Å². The topological polar surface area (TPSA) is 80.0 Å². The van der Waals surface area contributed by atoms with Crippen LogP contribution in [0.25, 0.3) is 21.0 Å². The van der Waals surface area contributed by atoms with Crippen molar-refractivity contribution < 1.29 is 4.79 Å². The van der Waals surface area contributed by atoms with Gasteiger partial charge in [0.25, 0.3) is 5.91 Å². The summed E-state index contributed by atoms with van der Waals surface area (Å²) in [5.74, 6) is 5.31. The Hall–Kier alpha value is -2.96. The average Bonchev–Trinajstić information content (AvgIpc) is 3.05. The highest BCUT2D eigenvalue weighted by atomic mass is 32.1. The largest absolute Gasteiger partial charge is 0.322 e. The van der Waals surface area contributed by atoms with E-state index in [1.807, 2.05) is 61.5 Å². The molecule has 124 valence electrons. The molecular weight excluding hydrogens is 332 g/mol. The fourth-order valence-electron chi connectivity index (χ4n) is 2.95. The van der Waals surface area contributed by atoms with E-state index in [0.717, 1.165) is 32.2 Å². The maximum Gasteiger partial charge on any atom is 0.256 e. The van der Waals surface area contributed by atoms with Gasteiger partial charge in [0.1, 0.15) is 0 Å². The summed E-state index contributed by atoms with van der Waals surface area (Å²) in [5.41, 5.74) is 5.85. The van der Waals surface area contributed by atoms with Gasteiger partial charge < -0.3 is 5.32 Å². The van der Waals surface area contributed by atoms with Crippen LogP contribution in [0.5, 0.6) is 0 Å². The summed E-state index contributed by atoms with van der Waals surface area (Å²) in [5, 5.41) is 5.63. The van der Waals surface area contributed by atoms with Crippen LogP contribution in [0.2, 0.25) is 0 Å². The molecule has 0 aliphatic carbocycles. The minimum Gasteiger partial charge on any atom is -0.322 e. The van der Waals surface area contributed by atoms with Crippen LogP contribution in [0.4, 0.5) is 10.8 Å². The van der Waals surface area contributed by atoms with Crippen molar-refractivity contribution in [3.05, 3.63) is 65.7 Å². The molecule has 6 heteroatoms. The number of fused-ring (bicyclic) bond motifs is 2. The number of anilines is 2. The smallest absolute Gasteiger partial charge is 0.256 e. The summed E-state index contributed by atoms with van der Waals surface area (Å²) in [4.78, 5) is 17.2. The number of hydrogen-bond donors (Lipinski definition) is 3. The second kappa shape index (κ2) is 6.16. The number of benzene rings is 3. The number of nitrogens with two attached hydrogens (primary N) is 1. The maximum absolute atomic E-state index is 12.8. The molecule has 5 nitrogen and oxygen atoms in total. The predicted molar refractivity (Wildman–Crippen MR) is 104 cm³/mol. The lowest BCUT2D eigenvalue weighted by Crippen LogP contribution is -2.12. The van der Waals surface area contributed by atoms with Gasteiger partial charge >= 0.3 is 0 Å². The molecule has 1 heterocycles. The number of nitrogens with one attached hydrogen (secondary N) is 2. The Labute approximate surface area is 148 Å². The van der Waals surface area contributed by atoms with Crippen molar-refractivity contribution in [1.29, 1.82) is 0 Å². The molecular formula is C19H16N4OS. The lowest BCUT2D eigenvalue weighted by Gasteiger charge is -2.09. The Balaban J connectivity index is 1.71. The standard InChI is InChI=1S/C19H16N4OS/c1-11-9-13(10-16-17(11)22-19(23-20)25-16)21-18(24)15-8-4-6-12-5-2-3-7-14(12)15/h2-10H,20H2,1H3,(H,21,24)(H,22,23). The third-order valence-corrected chi connectivity index (χ3v) is 5.03. The average molecular weight is 348 g/mol. The lowest BCUT2D eigenvalue weighted by atomic mass is 10.0. The van der Waals surface area contributed by atoms with Crippen LogP contribution >= 0.6 is 11.3 Å². The second-order valence-electron chi connectivity index (χ2n) is 5.78. The van der Waals surface area contributed by atoms with Crippen molar-refractivity contribution in [1.82, 2.24) is 4.98 Å². The summed E-state index contributed by atoms with van der Waals surface area (Å²) in [6, 6.07) is 17.4. The first-order chi connectivity index (χ1) is 12.2. The third kappa shape index (κ3) is 2.82. The number of aromatic nitrogens is 1. The Morgan fingerprint density at radius 3 is 2.76 bits per heavy atom. The number of rotatable bonds is 3. The molecule has 0 saturated carbocycles. The number of aryl methyl sites for hydroxylation is 1. The third-order valence-electron chi connectivity index (χ3n) is 4.10. The van der Waals surface area contributed by atoms with E-state index < -0.39 is 0 Å².